The molecule has 0 aliphatic rings. The van der Waals surface area contributed by atoms with Crippen molar-refractivity contribution in [3.05, 3.63) is 59.7 Å². The number of hydrazine groups is 1. The summed E-state index contributed by atoms with van der Waals surface area (Å²) in [4.78, 5) is 24.5. The van der Waals surface area contributed by atoms with Crippen LogP contribution in [-0.2, 0) is 4.79 Å². The van der Waals surface area contributed by atoms with Gasteiger partial charge >= 0.3 is 0 Å². The number of hydrogen-bond donors (Lipinski definition) is 3. The van der Waals surface area contributed by atoms with Crippen molar-refractivity contribution in [1.82, 2.24) is 16.2 Å². The predicted octanol–water partition coefficient (Wildman–Crippen LogP) is 3.95. The SMILES string of the molecule is CC(C)CCOc1ccccc1C(=O)NC(=S)NNC(=O)COc1ccc(C(C)C)cc1. The molecular weight excluding hydrogens is 426 g/mol. The second kappa shape index (κ2) is 12.7. The highest BCUT2D eigenvalue weighted by Crippen LogP contribution is 2.19. The second-order valence-corrected chi connectivity index (χ2v) is 8.40. The third-order valence-electron chi connectivity index (χ3n) is 4.54. The van der Waals surface area contributed by atoms with Crippen LogP contribution in [0.15, 0.2) is 48.5 Å². The Morgan fingerprint density at radius 3 is 2.28 bits per heavy atom. The lowest BCUT2D eigenvalue weighted by Gasteiger charge is -2.14. The zero-order valence-electron chi connectivity index (χ0n) is 18.9. The summed E-state index contributed by atoms with van der Waals surface area (Å²) >= 11 is 5.09. The van der Waals surface area contributed by atoms with E-state index in [1.54, 1.807) is 24.3 Å². The molecule has 2 aromatic carbocycles. The molecule has 2 aromatic rings. The lowest BCUT2D eigenvalue weighted by atomic mass is 10.0. The fraction of sp³-hybridized carbons (Fsp3) is 0.375. The van der Waals surface area contributed by atoms with E-state index in [0.717, 1.165) is 6.42 Å². The summed E-state index contributed by atoms with van der Waals surface area (Å²) in [6, 6.07) is 14.5. The maximum atomic E-state index is 12.5. The predicted molar refractivity (Wildman–Crippen MR) is 129 cm³/mol. The van der Waals surface area contributed by atoms with Gasteiger partial charge in [0.1, 0.15) is 11.5 Å². The maximum absolute atomic E-state index is 12.5. The first-order chi connectivity index (χ1) is 15.3. The monoisotopic (exact) mass is 457 g/mol. The molecule has 0 saturated carbocycles. The smallest absolute Gasteiger partial charge is 0.276 e. The number of carbonyl (C=O) groups excluding carboxylic acids is 2. The van der Waals surface area contributed by atoms with Gasteiger partial charge in [-0.2, -0.15) is 0 Å². The molecule has 0 unspecified atom stereocenters. The van der Waals surface area contributed by atoms with Crippen LogP contribution in [0.2, 0.25) is 0 Å². The van der Waals surface area contributed by atoms with E-state index in [1.165, 1.54) is 5.56 Å². The molecule has 3 N–H and O–H groups in total. The fourth-order valence-corrected chi connectivity index (χ4v) is 2.79. The van der Waals surface area contributed by atoms with Gasteiger partial charge in [0.15, 0.2) is 11.7 Å². The summed E-state index contributed by atoms with van der Waals surface area (Å²) in [6.07, 6.45) is 0.881. The molecule has 0 heterocycles. The topological polar surface area (TPSA) is 88.7 Å². The molecule has 0 bridgehead atoms. The van der Waals surface area contributed by atoms with Crippen LogP contribution in [0.3, 0.4) is 0 Å². The van der Waals surface area contributed by atoms with E-state index < -0.39 is 11.8 Å². The van der Waals surface area contributed by atoms with Gasteiger partial charge in [-0.1, -0.05) is 52.0 Å². The number of para-hydroxylation sites is 1. The lowest BCUT2D eigenvalue weighted by Crippen LogP contribution is -2.49. The number of benzene rings is 2. The van der Waals surface area contributed by atoms with Crippen LogP contribution in [0, 0.1) is 5.92 Å². The molecule has 2 amide bonds. The van der Waals surface area contributed by atoms with Crippen molar-refractivity contribution in [2.75, 3.05) is 13.2 Å². The summed E-state index contributed by atoms with van der Waals surface area (Å²) in [6.45, 7) is 8.74. The van der Waals surface area contributed by atoms with Gasteiger partial charge in [-0.25, -0.2) is 0 Å². The van der Waals surface area contributed by atoms with Crippen LogP contribution >= 0.6 is 12.2 Å². The fourth-order valence-electron chi connectivity index (χ4n) is 2.65. The first kappa shape index (κ1) is 25.1. The molecule has 0 saturated heterocycles. The minimum Gasteiger partial charge on any atom is -0.493 e. The minimum absolute atomic E-state index is 0.0402. The molecule has 0 radical (unpaired) electrons. The highest BCUT2D eigenvalue weighted by molar-refractivity contribution is 7.80. The van der Waals surface area contributed by atoms with Crippen LogP contribution < -0.4 is 25.6 Å². The van der Waals surface area contributed by atoms with Gasteiger partial charge in [-0.05, 0) is 60.3 Å². The maximum Gasteiger partial charge on any atom is 0.276 e. The zero-order chi connectivity index (χ0) is 23.5. The highest BCUT2D eigenvalue weighted by atomic mass is 32.1. The average molecular weight is 458 g/mol. The zero-order valence-corrected chi connectivity index (χ0v) is 19.8. The van der Waals surface area contributed by atoms with E-state index >= 15 is 0 Å². The molecule has 8 heteroatoms. The molecule has 0 aromatic heterocycles. The van der Waals surface area contributed by atoms with E-state index in [9.17, 15) is 9.59 Å². The number of rotatable bonds is 9. The second-order valence-electron chi connectivity index (χ2n) is 8.00. The molecule has 0 aliphatic heterocycles. The Balaban J connectivity index is 1.77. The van der Waals surface area contributed by atoms with Gasteiger partial charge in [0.25, 0.3) is 11.8 Å². The lowest BCUT2D eigenvalue weighted by molar-refractivity contribution is -0.123. The van der Waals surface area contributed by atoms with E-state index in [1.807, 2.05) is 24.3 Å². The quantitative estimate of drug-likeness (QED) is 0.390. The van der Waals surface area contributed by atoms with Crippen molar-refractivity contribution >= 4 is 29.1 Å². The van der Waals surface area contributed by atoms with E-state index in [2.05, 4.69) is 43.9 Å². The van der Waals surface area contributed by atoms with Crippen molar-refractivity contribution < 1.29 is 19.1 Å². The third kappa shape index (κ3) is 8.55. The number of amides is 2. The van der Waals surface area contributed by atoms with Crippen molar-refractivity contribution in [2.24, 2.45) is 5.92 Å². The standard InChI is InChI=1S/C24H31N3O4S/c1-16(2)13-14-30-21-8-6-5-7-20(21)23(29)25-24(32)27-26-22(28)15-31-19-11-9-18(10-12-19)17(3)4/h5-12,16-17H,13-15H2,1-4H3,(H,26,28)(H2,25,27,29,32). The Kier molecular flexibility index (Phi) is 9.94. The normalized spacial score (nSPS) is 10.6. The number of hydrogen-bond acceptors (Lipinski definition) is 5. The van der Waals surface area contributed by atoms with Crippen LogP contribution in [0.1, 0.15) is 56.0 Å². The van der Waals surface area contributed by atoms with Crippen LogP contribution in [-0.4, -0.2) is 30.1 Å². The highest BCUT2D eigenvalue weighted by Gasteiger charge is 2.14. The summed E-state index contributed by atoms with van der Waals surface area (Å²) in [7, 11) is 0. The van der Waals surface area contributed by atoms with E-state index in [4.69, 9.17) is 21.7 Å². The average Bonchev–Trinajstić information content (AvgIpc) is 2.76. The molecule has 0 atom stereocenters. The molecule has 2 rings (SSSR count). The summed E-state index contributed by atoms with van der Waals surface area (Å²) < 4.78 is 11.2. The minimum atomic E-state index is -0.438. The molecular formula is C24H31N3O4S. The van der Waals surface area contributed by atoms with E-state index in [0.29, 0.717) is 35.5 Å². The van der Waals surface area contributed by atoms with E-state index in [-0.39, 0.29) is 11.7 Å². The molecule has 172 valence electrons. The van der Waals surface area contributed by atoms with Crippen LogP contribution in [0.25, 0.3) is 0 Å². The van der Waals surface area contributed by atoms with Crippen LogP contribution in [0.5, 0.6) is 11.5 Å². The first-order valence-corrected chi connectivity index (χ1v) is 11.0. The van der Waals surface area contributed by atoms with Crippen LogP contribution in [0.4, 0.5) is 0 Å². The molecule has 0 fully saturated rings. The van der Waals surface area contributed by atoms with Gasteiger partial charge in [0.2, 0.25) is 0 Å². The van der Waals surface area contributed by atoms with Crippen molar-refractivity contribution in [2.45, 2.75) is 40.0 Å². The summed E-state index contributed by atoms with van der Waals surface area (Å²) in [5.74, 6) is 1.13. The number of nitrogens with one attached hydrogen (secondary N) is 3. The number of ether oxygens (including phenoxy) is 2. The van der Waals surface area contributed by atoms with Crippen molar-refractivity contribution in [1.29, 1.82) is 0 Å². The Bertz CT molecular complexity index is 914. The Hall–Kier alpha value is -3.13. The van der Waals surface area contributed by atoms with Crippen molar-refractivity contribution in [3.63, 3.8) is 0 Å². The van der Waals surface area contributed by atoms with Gasteiger partial charge in [0, 0.05) is 0 Å². The molecule has 0 aliphatic carbocycles. The van der Waals surface area contributed by atoms with Gasteiger partial charge in [-0.15, -0.1) is 0 Å². The third-order valence-corrected chi connectivity index (χ3v) is 4.75. The Morgan fingerprint density at radius 2 is 1.62 bits per heavy atom. The Labute approximate surface area is 194 Å². The number of carbonyl (C=O) groups is 2. The largest absolute Gasteiger partial charge is 0.493 e. The first-order valence-electron chi connectivity index (χ1n) is 10.6. The van der Waals surface area contributed by atoms with Crippen molar-refractivity contribution in [3.8, 4) is 11.5 Å². The Morgan fingerprint density at radius 1 is 0.938 bits per heavy atom. The van der Waals surface area contributed by atoms with Gasteiger partial charge in [-0.3, -0.25) is 25.8 Å². The van der Waals surface area contributed by atoms with Gasteiger partial charge < -0.3 is 9.47 Å². The summed E-state index contributed by atoms with van der Waals surface area (Å²) in [5, 5.41) is 2.49. The van der Waals surface area contributed by atoms with Gasteiger partial charge in [0.05, 0.1) is 12.2 Å². The number of thiocarbonyl (C=S) groups is 1. The molecule has 0 spiro atoms. The molecule has 32 heavy (non-hydrogen) atoms. The summed E-state index contributed by atoms with van der Waals surface area (Å²) in [5.41, 5.74) is 6.45. The molecule has 7 nitrogen and oxygen atoms in total.